The molecule has 2 N–H and O–H groups in total. The van der Waals surface area contributed by atoms with Crippen molar-refractivity contribution in [2.45, 2.75) is 12.8 Å². The van der Waals surface area contributed by atoms with Crippen molar-refractivity contribution in [1.82, 2.24) is 0 Å². The van der Waals surface area contributed by atoms with E-state index in [1.165, 1.54) is 0 Å². The van der Waals surface area contributed by atoms with E-state index in [-0.39, 0.29) is 18.3 Å². The van der Waals surface area contributed by atoms with Crippen LogP contribution in [0.15, 0.2) is 59.0 Å². The Morgan fingerprint density at radius 1 is 1.04 bits per heavy atom. The summed E-state index contributed by atoms with van der Waals surface area (Å²) in [5.41, 5.74) is 2.43. The summed E-state index contributed by atoms with van der Waals surface area (Å²) in [6.07, 6.45) is 0.935. The van der Waals surface area contributed by atoms with Gasteiger partial charge in [0.25, 0.3) is 5.91 Å². The molecule has 1 heterocycles. The number of hydrogen-bond acceptors (Lipinski definition) is 5. The van der Waals surface area contributed by atoms with Crippen LogP contribution in [0.4, 0.5) is 5.69 Å². The second-order valence-corrected chi connectivity index (χ2v) is 6.21. The summed E-state index contributed by atoms with van der Waals surface area (Å²) in [5.74, 6) is 1.97. The lowest BCUT2D eigenvalue weighted by Crippen LogP contribution is -2.12. The topological polar surface area (TPSA) is 80.9 Å². The zero-order chi connectivity index (χ0) is 19.9. The van der Waals surface area contributed by atoms with Gasteiger partial charge in [0, 0.05) is 24.3 Å². The van der Waals surface area contributed by atoms with Crippen molar-refractivity contribution in [2.24, 2.45) is 0 Å². The molecule has 3 rings (SSSR count). The number of anilines is 1. The van der Waals surface area contributed by atoms with Crippen LogP contribution < -0.4 is 14.8 Å². The molecule has 0 unspecified atom stereocenters. The molecule has 0 aliphatic heterocycles. The molecule has 0 fully saturated rings. The highest BCUT2D eigenvalue weighted by Crippen LogP contribution is 2.27. The van der Waals surface area contributed by atoms with Gasteiger partial charge in [0.1, 0.15) is 17.3 Å². The van der Waals surface area contributed by atoms with E-state index >= 15 is 0 Å². The second kappa shape index (κ2) is 9.10. The van der Waals surface area contributed by atoms with E-state index in [1.807, 2.05) is 36.4 Å². The number of aliphatic hydroxyl groups is 1. The Morgan fingerprint density at radius 2 is 1.86 bits per heavy atom. The van der Waals surface area contributed by atoms with Gasteiger partial charge in [-0.05, 0) is 48.4 Å². The Bertz CT molecular complexity index is 948. The number of methoxy groups -OCH3 is 2. The van der Waals surface area contributed by atoms with Gasteiger partial charge in [0.15, 0.2) is 5.76 Å². The predicted octanol–water partition coefficient (Wildman–Crippen LogP) is 3.67. The smallest absolute Gasteiger partial charge is 0.291 e. The zero-order valence-electron chi connectivity index (χ0n) is 15.9. The predicted molar refractivity (Wildman–Crippen MR) is 106 cm³/mol. The first kappa shape index (κ1) is 19.5. The van der Waals surface area contributed by atoms with E-state index in [1.54, 1.807) is 32.4 Å². The molecule has 0 spiro atoms. The van der Waals surface area contributed by atoms with Gasteiger partial charge in [0.05, 0.1) is 14.2 Å². The third-order valence-electron chi connectivity index (χ3n) is 4.38. The number of rotatable bonds is 8. The summed E-state index contributed by atoms with van der Waals surface area (Å²) >= 11 is 0. The third-order valence-corrected chi connectivity index (χ3v) is 4.38. The maximum absolute atomic E-state index is 12.5. The standard InChI is InChI=1S/C22H23NO5/c1-26-17-7-9-20(27-2)16(13-17)14-18-8-10-21(28-18)22(25)23-19-6-4-3-5-15(19)11-12-24/h3-10,13,24H,11-12,14H2,1-2H3,(H,23,25). The van der Waals surface area contributed by atoms with Crippen LogP contribution in [0.2, 0.25) is 0 Å². The highest BCUT2D eigenvalue weighted by Gasteiger charge is 2.15. The first-order valence-electron chi connectivity index (χ1n) is 8.94. The van der Waals surface area contributed by atoms with Crippen molar-refractivity contribution in [3.63, 3.8) is 0 Å². The molecule has 146 valence electrons. The number of furan rings is 1. The maximum Gasteiger partial charge on any atom is 0.291 e. The average molecular weight is 381 g/mol. The summed E-state index contributed by atoms with van der Waals surface area (Å²) in [7, 11) is 3.21. The Hall–Kier alpha value is -3.25. The Balaban J connectivity index is 1.75. The first-order chi connectivity index (χ1) is 13.6. The van der Waals surface area contributed by atoms with E-state index < -0.39 is 0 Å². The molecule has 0 radical (unpaired) electrons. The fourth-order valence-electron chi connectivity index (χ4n) is 2.97. The Morgan fingerprint density at radius 3 is 2.61 bits per heavy atom. The largest absolute Gasteiger partial charge is 0.497 e. The van der Waals surface area contributed by atoms with Crippen LogP contribution in [0.25, 0.3) is 0 Å². The minimum Gasteiger partial charge on any atom is -0.497 e. The number of carbonyl (C=O) groups is 1. The lowest BCUT2D eigenvalue weighted by Gasteiger charge is -2.10. The third kappa shape index (κ3) is 4.53. The van der Waals surface area contributed by atoms with Gasteiger partial charge in [-0.25, -0.2) is 0 Å². The van der Waals surface area contributed by atoms with Crippen LogP contribution in [0.5, 0.6) is 11.5 Å². The van der Waals surface area contributed by atoms with Gasteiger partial charge >= 0.3 is 0 Å². The summed E-state index contributed by atoms with van der Waals surface area (Å²) in [6.45, 7) is 0.0140. The van der Waals surface area contributed by atoms with Crippen molar-refractivity contribution in [2.75, 3.05) is 26.1 Å². The molecule has 0 saturated heterocycles. The van der Waals surface area contributed by atoms with Crippen LogP contribution in [-0.4, -0.2) is 31.8 Å². The number of benzene rings is 2. The van der Waals surface area contributed by atoms with E-state index in [4.69, 9.17) is 19.0 Å². The summed E-state index contributed by atoms with van der Waals surface area (Å²) < 4.78 is 16.4. The minimum absolute atomic E-state index is 0.0140. The lowest BCUT2D eigenvalue weighted by atomic mass is 10.1. The molecule has 0 atom stereocenters. The van der Waals surface area contributed by atoms with Crippen molar-refractivity contribution in [3.05, 3.63) is 77.2 Å². The molecule has 28 heavy (non-hydrogen) atoms. The molecule has 0 saturated carbocycles. The number of hydrogen-bond donors (Lipinski definition) is 2. The number of carbonyl (C=O) groups excluding carboxylic acids is 1. The second-order valence-electron chi connectivity index (χ2n) is 6.21. The van der Waals surface area contributed by atoms with E-state index in [0.29, 0.717) is 24.3 Å². The van der Waals surface area contributed by atoms with E-state index in [2.05, 4.69) is 5.32 Å². The van der Waals surface area contributed by atoms with Crippen LogP contribution in [-0.2, 0) is 12.8 Å². The highest BCUT2D eigenvalue weighted by molar-refractivity contribution is 6.02. The minimum atomic E-state index is -0.339. The SMILES string of the molecule is COc1ccc(OC)c(Cc2ccc(C(=O)Nc3ccccc3CCO)o2)c1. The number of ether oxygens (including phenoxy) is 2. The molecular weight excluding hydrogens is 358 g/mol. The number of aliphatic hydroxyl groups excluding tert-OH is 1. The molecule has 1 aromatic heterocycles. The van der Waals surface area contributed by atoms with E-state index in [9.17, 15) is 4.79 Å². The summed E-state index contributed by atoms with van der Waals surface area (Å²) in [6, 6.07) is 16.3. The van der Waals surface area contributed by atoms with Crippen LogP contribution in [0.1, 0.15) is 27.4 Å². The van der Waals surface area contributed by atoms with Crippen molar-refractivity contribution in [3.8, 4) is 11.5 Å². The Labute approximate surface area is 163 Å². The van der Waals surface area contributed by atoms with Gasteiger partial charge in [-0.1, -0.05) is 18.2 Å². The van der Waals surface area contributed by atoms with Crippen LogP contribution >= 0.6 is 0 Å². The van der Waals surface area contributed by atoms with Crippen molar-refractivity contribution in [1.29, 1.82) is 0 Å². The number of para-hydroxylation sites is 1. The fourth-order valence-corrected chi connectivity index (χ4v) is 2.97. The summed E-state index contributed by atoms with van der Waals surface area (Å²) in [5, 5.41) is 12.0. The average Bonchev–Trinajstić information content (AvgIpc) is 3.18. The number of amides is 1. The monoisotopic (exact) mass is 381 g/mol. The fraction of sp³-hybridized carbons (Fsp3) is 0.227. The molecular formula is C22H23NO5. The summed E-state index contributed by atoms with van der Waals surface area (Å²) in [4.78, 5) is 12.5. The van der Waals surface area contributed by atoms with Gasteiger partial charge in [0.2, 0.25) is 0 Å². The molecule has 1 amide bonds. The molecule has 0 aliphatic carbocycles. The zero-order valence-corrected chi connectivity index (χ0v) is 15.9. The van der Waals surface area contributed by atoms with Gasteiger partial charge in [-0.2, -0.15) is 0 Å². The van der Waals surface area contributed by atoms with Crippen LogP contribution in [0.3, 0.4) is 0 Å². The van der Waals surface area contributed by atoms with Crippen LogP contribution in [0, 0.1) is 0 Å². The van der Waals surface area contributed by atoms with E-state index in [0.717, 1.165) is 22.6 Å². The van der Waals surface area contributed by atoms with Gasteiger partial charge in [-0.15, -0.1) is 0 Å². The van der Waals surface area contributed by atoms with Crippen molar-refractivity contribution < 1.29 is 23.8 Å². The molecule has 6 heteroatoms. The molecule has 2 aromatic carbocycles. The van der Waals surface area contributed by atoms with Gasteiger partial charge < -0.3 is 24.3 Å². The van der Waals surface area contributed by atoms with Gasteiger partial charge in [-0.3, -0.25) is 4.79 Å². The highest BCUT2D eigenvalue weighted by atomic mass is 16.5. The molecule has 3 aromatic rings. The molecule has 6 nitrogen and oxygen atoms in total. The molecule has 0 aliphatic rings. The van der Waals surface area contributed by atoms with Crippen molar-refractivity contribution >= 4 is 11.6 Å². The first-order valence-corrected chi connectivity index (χ1v) is 8.94. The maximum atomic E-state index is 12.5. The quantitative estimate of drug-likeness (QED) is 0.622. The molecule has 0 bridgehead atoms. The lowest BCUT2D eigenvalue weighted by molar-refractivity contribution is 0.0995. The number of nitrogens with one attached hydrogen (secondary N) is 1. The normalized spacial score (nSPS) is 10.5. The Kier molecular flexibility index (Phi) is 6.34.